The summed E-state index contributed by atoms with van der Waals surface area (Å²) in [4.78, 5) is 1.12. The molecule has 0 saturated carbocycles. The third-order valence-corrected chi connectivity index (χ3v) is 3.92. The Morgan fingerprint density at radius 2 is 2.05 bits per heavy atom. The van der Waals surface area contributed by atoms with Crippen molar-refractivity contribution in [2.24, 2.45) is 0 Å². The standard InChI is InChI=1S/C16H22FNS/c1-3-5-6-7-15(18-12-4-2)13-19-16-10-8-14(17)9-11-16/h8-11,15,18H,4,6-7,12-13H2,1-2H3. The second kappa shape index (κ2) is 9.89. The zero-order valence-electron chi connectivity index (χ0n) is 11.7. The molecule has 3 heteroatoms. The lowest BCUT2D eigenvalue weighted by molar-refractivity contribution is 0.526. The quantitative estimate of drug-likeness (QED) is 0.568. The summed E-state index contributed by atoms with van der Waals surface area (Å²) in [6.45, 7) is 5.08. The fourth-order valence-corrected chi connectivity index (χ4v) is 2.70. The molecule has 1 nitrogen and oxygen atoms in total. The van der Waals surface area contributed by atoms with Crippen LogP contribution in [0.15, 0.2) is 29.2 Å². The Balaban J connectivity index is 2.41. The van der Waals surface area contributed by atoms with E-state index in [2.05, 4.69) is 24.1 Å². The van der Waals surface area contributed by atoms with Crippen molar-refractivity contribution in [3.8, 4) is 11.8 Å². The summed E-state index contributed by atoms with van der Waals surface area (Å²) in [5.74, 6) is 6.86. The van der Waals surface area contributed by atoms with Crippen LogP contribution in [0.3, 0.4) is 0 Å². The van der Waals surface area contributed by atoms with Gasteiger partial charge < -0.3 is 5.32 Å². The molecule has 19 heavy (non-hydrogen) atoms. The number of hydrogen-bond donors (Lipinski definition) is 1. The second-order valence-corrected chi connectivity index (χ2v) is 5.47. The average Bonchev–Trinajstić information content (AvgIpc) is 2.43. The summed E-state index contributed by atoms with van der Waals surface area (Å²) < 4.78 is 12.8. The van der Waals surface area contributed by atoms with Crippen LogP contribution in [0.25, 0.3) is 0 Å². The normalized spacial score (nSPS) is 11.7. The number of hydrogen-bond acceptors (Lipinski definition) is 2. The zero-order valence-corrected chi connectivity index (χ0v) is 12.5. The molecule has 1 rings (SSSR count). The fourth-order valence-electron chi connectivity index (χ4n) is 1.69. The van der Waals surface area contributed by atoms with Crippen LogP contribution >= 0.6 is 11.8 Å². The van der Waals surface area contributed by atoms with Crippen molar-refractivity contribution in [2.75, 3.05) is 12.3 Å². The van der Waals surface area contributed by atoms with Gasteiger partial charge in [0, 0.05) is 23.1 Å². The molecule has 1 aromatic carbocycles. The minimum Gasteiger partial charge on any atom is -0.313 e. The molecule has 1 aromatic rings. The van der Waals surface area contributed by atoms with E-state index < -0.39 is 0 Å². The van der Waals surface area contributed by atoms with Gasteiger partial charge in [-0.2, -0.15) is 0 Å². The van der Waals surface area contributed by atoms with Gasteiger partial charge in [-0.15, -0.1) is 23.6 Å². The van der Waals surface area contributed by atoms with Crippen molar-refractivity contribution in [3.05, 3.63) is 30.1 Å². The Morgan fingerprint density at radius 3 is 2.68 bits per heavy atom. The van der Waals surface area contributed by atoms with E-state index in [0.29, 0.717) is 6.04 Å². The van der Waals surface area contributed by atoms with Crippen molar-refractivity contribution in [1.29, 1.82) is 0 Å². The van der Waals surface area contributed by atoms with Gasteiger partial charge >= 0.3 is 0 Å². The van der Waals surface area contributed by atoms with Crippen LogP contribution in [0.5, 0.6) is 0 Å². The van der Waals surface area contributed by atoms with Gasteiger partial charge in [0.25, 0.3) is 0 Å². The molecule has 0 bridgehead atoms. The van der Waals surface area contributed by atoms with Crippen LogP contribution in [0.2, 0.25) is 0 Å². The molecule has 1 unspecified atom stereocenters. The molecular weight excluding hydrogens is 257 g/mol. The van der Waals surface area contributed by atoms with Crippen LogP contribution < -0.4 is 5.32 Å². The van der Waals surface area contributed by atoms with Gasteiger partial charge in [0.1, 0.15) is 5.82 Å². The Kier molecular flexibility index (Phi) is 8.36. The maximum absolute atomic E-state index is 12.8. The van der Waals surface area contributed by atoms with Crippen LogP contribution in [0.1, 0.15) is 33.1 Å². The highest BCUT2D eigenvalue weighted by Crippen LogP contribution is 2.20. The molecular formula is C16H22FNS. The van der Waals surface area contributed by atoms with Crippen LogP contribution in [-0.4, -0.2) is 18.3 Å². The SMILES string of the molecule is CC#CCCC(CSc1ccc(F)cc1)NCCC. The average molecular weight is 279 g/mol. The minimum atomic E-state index is -0.178. The molecule has 0 saturated heterocycles. The highest BCUT2D eigenvalue weighted by atomic mass is 32.2. The predicted octanol–water partition coefficient (Wildman–Crippen LogP) is 4.09. The fraction of sp³-hybridized carbons (Fsp3) is 0.500. The third-order valence-electron chi connectivity index (χ3n) is 2.74. The highest BCUT2D eigenvalue weighted by Gasteiger charge is 2.07. The molecule has 104 valence electrons. The smallest absolute Gasteiger partial charge is 0.123 e. The minimum absolute atomic E-state index is 0.178. The number of rotatable bonds is 8. The Labute approximate surface area is 120 Å². The second-order valence-electron chi connectivity index (χ2n) is 4.38. The van der Waals surface area contributed by atoms with Crippen molar-refractivity contribution < 1.29 is 4.39 Å². The Morgan fingerprint density at radius 1 is 1.32 bits per heavy atom. The topological polar surface area (TPSA) is 12.0 Å². The molecule has 1 atom stereocenters. The molecule has 0 amide bonds. The molecule has 1 N–H and O–H groups in total. The Hall–Kier alpha value is -0.980. The van der Waals surface area contributed by atoms with E-state index in [1.54, 1.807) is 11.8 Å². The first-order valence-electron chi connectivity index (χ1n) is 6.77. The summed E-state index contributed by atoms with van der Waals surface area (Å²) in [6.07, 6.45) is 3.13. The van der Waals surface area contributed by atoms with E-state index in [-0.39, 0.29) is 5.82 Å². The lowest BCUT2D eigenvalue weighted by Crippen LogP contribution is -2.31. The summed E-state index contributed by atoms with van der Waals surface area (Å²) in [7, 11) is 0. The first-order chi connectivity index (χ1) is 9.26. The Bertz CT molecular complexity index is 405. The third kappa shape index (κ3) is 7.25. The van der Waals surface area contributed by atoms with Crippen LogP contribution in [0, 0.1) is 17.7 Å². The molecule has 0 spiro atoms. The monoisotopic (exact) mass is 279 g/mol. The van der Waals surface area contributed by atoms with E-state index in [1.165, 1.54) is 12.1 Å². The molecule has 0 radical (unpaired) electrons. The maximum atomic E-state index is 12.8. The maximum Gasteiger partial charge on any atom is 0.123 e. The largest absolute Gasteiger partial charge is 0.313 e. The number of thioether (sulfide) groups is 1. The van der Waals surface area contributed by atoms with Gasteiger partial charge in [-0.25, -0.2) is 4.39 Å². The van der Waals surface area contributed by atoms with E-state index in [0.717, 1.165) is 36.5 Å². The zero-order chi connectivity index (χ0) is 13.9. The lowest BCUT2D eigenvalue weighted by atomic mass is 10.2. The van der Waals surface area contributed by atoms with Crippen molar-refractivity contribution >= 4 is 11.8 Å². The highest BCUT2D eigenvalue weighted by molar-refractivity contribution is 7.99. The van der Waals surface area contributed by atoms with Gasteiger partial charge in [0.2, 0.25) is 0 Å². The summed E-state index contributed by atoms with van der Waals surface area (Å²) >= 11 is 1.77. The van der Waals surface area contributed by atoms with Crippen molar-refractivity contribution in [1.82, 2.24) is 5.32 Å². The first kappa shape index (κ1) is 16.1. The van der Waals surface area contributed by atoms with Crippen LogP contribution in [0.4, 0.5) is 4.39 Å². The molecule has 0 aliphatic rings. The molecule has 0 aliphatic carbocycles. The lowest BCUT2D eigenvalue weighted by Gasteiger charge is -2.17. The summed E-state index contributed by atoms with van der Waals surface area (Å²) in [6, 6.07) is 7.17. The van der Waals surface area contributed by atoms with E-state index in [1.807, 2.05) is 19.1 Å². The first-order valence-corrected chi connectivity index (χ1v) is 7.76. The molecule has 0 fully saturated rings. The van der Waals surface area contributed by atoms with E-state index >= 15 is 0 Å². The van der Waals surface area contributed by atoms with Gasteiger partial charge in [-0.3, -0.25) is 0 Å². The molecule has 0 heterocycles. The van der Waals surface area contributed by atoms with Gasteiger partial charge in [-0.05, 0) is 50.6 Å². The van der Waals surface area contributed by atoms with Crippen molar-refractivity contribution in [2.45, 2.75) is 44.0 Å². The molecule has 0 aliphatic heterocycles. The predicted molar refractivity (Wildman–Crippen MR) is 81.9 cm³/mol. The van der Waals surface area contributed by atoms with E-state index in [4.69, 9.17) is 0 Å². The van der Waals surface area contributed by atoms with Gasteiger partial charge in [0.15, 0.2) is 0 Å². The van der Waals surface area contributed by atoms with E-state index in [9.17, 15) is 4.39 Å². The van der Waals surface area contributed by atoms with Gasteiger partial charge in [0.05, 0.1) is 0 Å². The summed E-state index contributed by atoms with van der Waals surface area (Å²) in [5, 5.41) is 3.55. The summed E-state index contributed by atoms with van der Waals surface area (Å²) in [5.41, 5.74) is 0. The molecule has 0 aromatic heterocycles. The number of nitrogens with one attached hydrogen (secondary N) is 1. The van der Waals surface area contributed by atoms with Crippen LogP contribution in [-0.2, 0) is 0 Å². The number of benzene rings is 1. The van der Waals surface area contributed by atoms with Crippen molar-refractivity contribution in [3.63, 3.8) is 0 Å². The van der Waals surface area contributed by atoms with Gasteiger partial charge in [-0.1, -0.05) is 6.92 Å². The number of halogens is 1.